The van der Waals surface area contributed by atoms with E-state index in [9.17, 15) is 0 Å². The second-order valence-electron chi connectivity index (χ2n) is 6.69. The normalized spacial score (nSPS) is 17.7. The first-order chi connectivity index (χ1) is 13.3. The molecule has 1 aromatic carbocycles. The van der Waals surface area contributed by atoms with Gasteiger partial charge in [0.2, 0.25) is 0 Å². The zero-order chi connectivity index (χ0) is 18.6. The van der Waals surface area contributed by atoms with Gasteiger partial charge in [-0.15, -0.1) is 10.2 Å². The lowest BCUT2D eigenvalue weighted by atomic mass is 10.1. The predicted molar refractivity (Wildman–Crippen MR) is 103 cm³/mol. The lowest BCUT2D eigenvalue weighted by molar-refractivity contribution is 0.0515. The van der Waals surface area contributed by atoms with Crippen molar-refractivity contribution in [2.24, 2.45) is 0 Å². The van der Waals surface area contributed by atoms with E-state index in [1.54, 1.807) is 7.11 Å². The molecule has 1 unspecified atom stereocenters. The molecule has 1 saturated heterocycles. The molecule has 1 aliphatic heterocycles. The van der Waals surface area contributed by atoms with Crippen LogP contribution in [-0.2, 0) is 4.74 Å². The van der Waals surface area contributed by atoms with E-state index >= 15 is 0 Å². The summed E-state index contributed by atoms with van der Waals surface area (Å²) in [7, 11) is 1.59. The Kier molecular flexibility index (Phi) is 5.17. The lowest BCUT2D eigenvalue weighted by Gasteiger charge is -2.16. The number of hydrogen-bond acceptors (Lipinski definition) is 7. The Morgan fingerprint density at radius 2 is 2.15 bits per heavy atom. The maximum atomic E-state index is 6.11. The number of nitrogens with zero attached hydrogens (tertiary/aromatic N) is 4. The van der Waals surface area contributed by atoms with E-state index < -0.39 is 0 Å². The minimum absolute atomic E-state index is 0.172. The number of ether oxygens (including phenoxy) is 2. The average molecular weight is 368 g/mol. The van der Waals surface area contributed by atoms with Gasteiger partial charge in [0, 0.05) is 19.2 Å². The van der Waals surface area contributed by atoms with Crippen LogP contribution in [0.2, 0.25) is 0 Å². The van der Waals surface area contributed by atoms with Crippen molar-refractivity contribution in [3.8, 4) is 17.0 Å². The summed E-state index contributed by atoms with van der Waals surface area (Å²) in [6, 6.07) is 9.95. The van der Waals surface area contributed by atoms with E-state index in [2.05, 4.69) is 20.6 Å². The number of nitrogens with two attached hydrogens (primary N) is 1. The summed E-state index contributed by atoms with van der Waals surface area (Å²) in [5, 5.41) is 16.8. The van der Waals surface area contributed by atoms with Gasteiger partial charge < -0.3 is 20.5 Å². The highest BCUT2D eigenvalue weighted by atomic mass is 16.7. The van der Waals surface area contributed by atoms with E-state index in [1.807, 2.05) is 35.0 Å². The molecule has 0 aliphatic carbocycles. The van der Waals surface area contributed by atoms with E-state index in [0.29, 0.717) is 17.1 Å². The summed E-state index contributed by atoms with van der Waals surface area (Å²) in [6.07, 6.45) is 3.41. The molecule has 1 aliphatic rings. The van der Waals surface area contributed by atoms with Crippen molar-refractivity contribution in [1.29, 1.82) is 0 Å². The maximum absolute atomic E-state index is 6.11. The van der Waals surface area contributed by atoms with Gasteiger partial charge in [0.25, 0.3) is 0 Å². The van der Waals surface area contributed by atoms with Crippen LogP contribution in [0.15, 0.2) is 30.3 Å². The van der Waals surface area contributed by atoms with Crippen molar-refractivity contribution in [1.82, 2.24) is 25.3 Å². The smallest absolute Gasteiger partial charge is 0.188 e. The standard InChI is InChI=1S/C19H24N6O2/c1-26-12-27-17-8-3-2-7-14(17)15-10-16-18(23-22-15)19(20)24-25(16)13-6-4-5-9-21-11-13/h2-3,7-8,10,13,21H,4-6,9,11-12H2,1H3,(H2,20,24). The van der Waals surface area contributed by atoms with Gasteiger partial charge in [-0.3, -0.25) is 4.68 Å². The Bertz CT molecular complexity index is 918. The minimum atomic E-state index is 0.172. The Morgan fingerprint density at radius 3 is 3.04 bits per heavy atom. The van der Waals surface area contributed by atoms with Gasteiger partial charge in [0.05, 0.1) is 17.3 Å². The number of hydrogen-bond donors (Lipinski definition) is 2. The highest BCUT2D eigenvalue weighted by molar-refractivity contribution is 5.87. The van der Waals surface area contributed by atoms with E-state index in [4.69, 9.17) is 15.2 Å². The summed E-state index contributed by atoms with van der Waals surface area (Å²) >= 11 is 0. The Labute approximate surface area is 157 Å². The van der Waals surface area contributed by atoms with Gasteiger partial charge in [-0.2, -0.15) is 5.10 Å². The predicted octanol–water partition coefficient (Wildman–Crippen LogP) is 2.37. The van der Waals surface area contributed by atoms with E-state index in [0.717, 1.165) is 42.7 Å². The molecule has 2 aromatic heterocycles. The van der Waals surface area contributed by atoms with Crippen LogP contribution in [0.4, 0.5) is 5.82 Å². The third-order valence-electron chi connectivity index (χ3n) is 4.84. The summed E-state index contributed by atoms with van der Waals surface area (Å²) in [6.45, 7) is 2.09. The third-order valence-corrected chi connectivity index (χ3v) is 4.84. The van der Waals surface area contributed by atoms with Crippen LogP contribution < -0.4 is 15.8 Å². The first-order valence-corrected chi connectivity index (χ1v) is 9.21. The highest BCUT2D eigenvalue weighted by Crippen LogP contribution is 2.32. The number of anilines is 1. The Hall–Kier alpha value is -2.71. The summed E-state index contributed by atoms with van der Waals surface area (Å²) in [5.41, 5.74) is 9.22. The molecule has 27 heavy (non-hydrogen) atoms. The number of para-hydroxylation sites is 1. The number of nitrogen functional groups attached to an aromatic ring is 1. The summed E-state index contributed by atoms with van der Waals surface area (Å²) in [4.78, 5) is 0. The summed E-state index contributed by atoms with van der Waals surface area (Å²) < 4.78 is 12.7. The average Bonchev–Trinajstić information content (AvgIpc) is 2.88. The fourth-order valence-electron chi connectivity index (χ4n) is 3.50. The topological polar surface area (TPSA) is 100 Å². The number of benzene rings is 1. The van der Waals surface area contributed by atoms with Crippen molar-refractivity contribution in [3.63, 3.8) is 0 Å². The molecule has 4 rings (SSSR count). The van der Waals surface area contributed by atoms with Crippen molar-refractivity contribution < 1.29 is 9.47 Å². The zero-order valence-electron chi connectivity index (χ0n) is 15.4. The largest absolute Gasteiger partial charge is 0.467 e. The molecule has 3 aromatic rings. The van der Waals surface area contributed by atoms with Crippen molar-refractivity contribution in [3.05, 3.63) is 30.3 Å². The lowest BCUT2D eigenvalue weighted by Crippen LogP contribution is -2.24. The second kappa shape index (κ2) is 7.89. The van der Waals surface area contributed by atoms with Crippen LogP contribution in [0.25, 0.3) is 22.3 Å². The number of aromatic nitrogens is 4. The Morgan fingerprint density at radius 1 is 1.26 bits per heavy atom. The number of rotatable bonds is 5. The van der Waals surface area contributed by atoms with Crippen molar-refractivity contribution in [2.75, 3.05) is 32.7 Å². The van der Waals surface area contributed by atoms with Gasteiger partial charge in [-0.05, 0) is 37.6 Å². The van der Waals surface area contributed by atoms with Crippen LogP contribution in [-0.4, -0.2) is 47.0 Å². The molecule has 142 valence electrons. The maximum Gasteiger partial charge on any atom is 0.188 e. The molecule has 8 nitrogen and oxygen atoms in total. The van der Waals surface area contributed by atoms with Crippen LogP contribution in [0.5, 0.6) is 5.75 Å². The SMILES string of the molecule is COCOc1ccccc1-c1cc2c(nn1)c(N)nn2C1CCCCNC1. The van der Waals surface area contributed by atoms with Crippen molar-refractivity contribution in [2.45, 2.75) is 25.3 Å². The molecule has 0 saturated carbocycles. The van der Waals surface area contributed by atoms with Gasteiger partial charge in [-0.25, -0.2) is 0 Å². The molecule has 8 heteroatoms. The number of nitrogens with one attached hydrogen (secondary N) is 1. The fourth-order valence-corrected chi connectivity index (χ4v) is 3.50. The van der Waals surface area contributed by atoms with E-state index in [1.165, 1.54) is 6.42 Å². The molecule has 0 amide bonds. The first-order valence-electron chi connectivity index (χ1n) is 9.21. The minimum Gasteiger partial charge on any atom is -0.467 e. The zero-order valence-corrected chi connectivity index (χ0v) is 15.4. The molecule has 1 fully saturated rings. The number of methoxy groups -OCH3 is 1. The third kappa shape index (κ3) is 3.58. The molecular weight excluding hydrogens is 344 g/mol. The second-order valence-corrected chi connectivity index (χ2v) is 6.69. The fraction of sp³-hybridized carbons (Fsp3) is 0.421. The Balaban J connectivity index is 1.77. The molecule has 0 radical (unpaired) electrons. The summed E-state index contributed by atoms with van der Waals surface area (Å²) in [5.74, 6) is 1.11. The van der Waals surface area contributed by atoms with Crippen LogP contribution in [0.3, 0.4) is 0 Å². The van der Waals surface area contributed by atoms with E-state index in [-0.39, 0.29) is 12.8 Å². The van der Waals surface area contributed by atoms with Gasteiger partial charge >= 0.3 is 0 Å². The quantitative estimate of drug-likeness (QED) is 0.667. The molecular formula is C19H24N6O2. The van der Waals surface area contributed by atoms with Gasteiger partial charge in [-0.1, -0.05) is 18.6 Å². The number of fused-ring (bicyclic) bond motifs is 1. The van der Waals surface area contributed by atoms with Crippen LogP contribution in [0, 0.1) is 0 Å². The molecule has 0 spiro atoms. The first kappa shape index (κ1) is 17.7. The van der Waals surface area contributed by atoms with Crippen molar-refractivity contribution >= 4 is 16.9 Å². The highest BCUT2D eigenvalue weighted by Gasteiger charge is 2.21. The molecule has 1 atom stereocenters. The molecule has 0 bridgehead atoms. The van der Waals surface area contributed by atoms with Crippen LogP contribution in [0.1, 0.15) is 25.3 Å². The van der Waals surface area contributed by atoms with Gasteiger partial charge in [0.1, 0.15) is 5.75 Å². The van der Waals surface area contributed by atoms with Gasteiger partial charge in [0.15, 0.2) is 18.1 Å². The molecule has 3 heterocycles. The molecule has 3 N–H and O–H groups in total. The van der Waals surface area contributed by atoms with Crippen LogP contribution >= 0.6 is 0 Å². The monoisotopic (exact) mass is 368 g/mol.